The zero-order valence-corrected chi connectivity index (χ0v) is 11.6. The van der Waals surface area contributed by atoms with Crippen LogP contribution in [-0.2, 0) is 11.3 Å². The number of benzene rings is 1. The molecule has 1 aromatic heterocycles. The van der Waals surface area contributed by atoms with Crippen LogP contribution in [0.3, 0.4) is 0 Å². The Morgan fingerprint density at radius 2 is 2.26 bits per heavy atom. The van der Waals surface area contributed by atoms with Gasteiger partial charge in [-0.05, 0) is 24.1 Å². The largest absolute Gasteiger partial charge is 0.481 e. The molecule has 0 saturated carbocycles. The second-order valence-corrected chi connectivity index (χ2v) is 5.66. The molecular formula is C13H15FN2O2S. The molecule has 19 heavy (non-hydrogen) atoms. The minimum absolute atomic E-state index is 0.0517. The van der Waals surface area contributed by atoms with E-state index in [2.05, 4.69) is 18.8 Å². The van der Waals surface area contributed by atoms with E-state index in [1.807, 2.05) is 4.57 Å². The average molecular weight is 282 g/mol. The highest BCUT2D eigenvalue weighted by Crippen LogP contribution is 2.25. The number of carboxylic acids is 1. The number of aliphatic carboxylic acids is 1. The molecule has 0 fully saturated rings. The summed E-state index contributed by atoms with van der Waals surface area (Å²) < 4.78 is 15.2. The highest BCUT2D eigenvalue weighted by molar-refractivity contribution is 7.99. The van der Waals surface area contributed by atoms with E-state index in [0.717, 1.165) is 11.8 Å². The number of hydrogen-bond acceptors (Lipinski definition) is 3. The molecule has 4 nitrogen and oxygen atoms in total. The summed E-state index contributed by atoms with van der Waals surface area (Å²) in [5.74, 6) is -0.888. The van der Waals surface area contributed by atoms with E-state index in [1.54, 1.807) is 6.07 Å². The van der Waals surface area contributed by atoms with Crippen LogP contribution >= 0.6 is 11.8 Å². The number of nitrogens with zero attached hydrogens (tertiary/aromatic N) is 2. The number of hydrogen-bond donors (Lipinski definition) is 1. The first kappa shape index (κ1) is 13.9. The highest BCUT2D eigenvalue weighted by atomic mass is 32.2. The molecule has 0 atom stereocenters. The molecule has 0 bridgehead atoms. The Kier molecular flexibility index (Phi) is 4.09. The van der Waals surface area contributed by atoms with Crippen LogP contribution in [0.15, 0.2) is 23.4 Å². The third-order valence-corrected chi connectivity index (χ3v) is 3.51. The summed E-state index contributed by atoms with van der Waals surface area (Å²) in [5, 5.41) is 9.37. The fourth-order valence-corrected chi connectivity index (χ4v) is 2.60. The summed E-state index contributed by atoms with van der Waals surface area (Å²) in [4.78, 5) is 15.0. The van der Waals surface area contributed by atoms with Crippen LogP contribution < -0.4 is 0 Å². The zero-order chi connectivity index (χ0) is 14.0. The summed E-state index contributed by atoms with van der Waals surface area (Å²) in [6.45, 7) is 4.79. The van der Waals surface area contributed by atoms with Crippen molar-refractivity contribution in [2.75, 3.05) is 5.75 Å². The molecule has 0 spiro atoms. The van der Waals surface area contributed by atoms with Gasteiger partial charge in [0.2, 0.25) is 0 Å². The number of halogens is 1. The van der Waals surface area contributed by atoms with E-state index >= 15 is 0 Å². The summed E-state index contributed by atoms with van der Waals surface area (Å²) in [6, 6.07) is 4.42. The van der Waals surface area contributed by atoms with Crippen molar-refractivity contribution in [2.24, 2.45) is 5.92 Å². The van der Waals surface area contributed by atoms with Crippen LogP contribution in [0.25, 0.3) is 11.0 Å². The molecule has 0 radical (unpaired) electrons. The van der Waals surface area contributed by atoms with E-state index in [-0.39, 0.29) is 11.6 Å². The van der Waals surface area contributed by atoms with E-state index in [9.17, 15) is 9.18 Å². The van der Waals surface area contributed by atoms with Crippen molar-refractivity contribution in [1.82, 2.24) is 9.55 Å². The van der Waals surface area contributed by atoms with Gasteiger partial charge in [0.15, 0.2) is 5.16 Å². The van der Waals surface area contributed by atoms with Gasteiger partial charge in [-0.3, -0.25) is 4.79 Å². The van der Waals surface area contributed by atoms with Gasteiger partial charge in [-0.1, -0.05) is 25.6 Å². The first-order valence-electron chi connectivity index (χ1n) is 5.97. The summed E-state index contributed by atoms with van der Waals surface area (Å²) >= 11 is 1.16. The van der Waals surface area contributed by atoms with Crippen molar-refractivity contribution in [3.8, 4) is 0 Å². The maximum absolute atomic E-state index is 13.3. The van der Waals surface area contributed by atoms with Gasteiger partial charge < -0.3 is 9.67 Å². The maximum atomic E-state index is 13.3. The molecule has 1 heterocycles. The van der Waals surface area contributed by atoms with Crippen molar-refractivity contribution in [1.29, 1.82) is 0 Å². The minimum atomic E-state index is -0.890. The molecule has 0 aliphatic rings. The van der Waals surface area contributed by atoms with E-state index in [1.165, 1.54) is 12.1 Å². The fourth-order valence-electron chi connectivity index (χ4n) is 1.85. The van der Waals surface area contributed by atoms with Crippen LogP contribution in [-0.4, -0.2) is 26.4 Å². The molecule has 2 rings (SSSR count). The Balaban J connectivity index is 2.45. The Morgan fingerprint density at radius 3 is 2.89 bits per heavy atom. The molecule has 0 aliphatic heterocycles. The number of rotatable bonds is 5. The number of thioether (sulfide) groups is 1. The van der Waals surface area contributed by atoms with Crippen molar-refractivity contribution >= 4 is 28.8 Å². The normalized spacial score (nSPS) is 11.4. The lowest BCUT2D eigenvalue weighted by molar-refractivity contribution is -0.133. The van der Waals surface area contributed by atoms with Gasteiger partial charge >= 0.3 is 5.97 Å². The van der Waals surface area contributed by atoms with E-state index in [0.29, 0.717) is 28.7 Å². The van der Waals surface area contributed by atoms with Crippen molar-refractivity contribution in [3.05, 3.63) is 24.0 Å². The fraction of sp³-hybridized carbons (Fsp3) is 0.385. The molecule has 0 saturated heterocycles. The number of aromatic nitrogens is 2. The van der Waals surface area contributed by atoms with Gasteiger partial charge in [-0.2, -0.15) is 0 Å². The van der Waals surface area contributed by atoms with Crippen LogP contribution in [0, 0.1) is 11.7 Å². The molecular weight excluding hydrogens is 267 g/mol. The first-order valence-corrected chi connectivity index (χ1v) is 6.96. The molecule has 102 valence electrons. The monoisotopic (exact) mass is 282 g/mol. The number of fused-ring (bicyclic) bond motifs is 1. The van der Waals surface area contributed by atoms with Crippen molar-refractivity contribution in [3.63, 3.8) is 0 Å². The second kappa shape index (κ2) is 5.61. The zero-order valence-electron chi connectivity index (χ0n) is 10.8. The SMILES string of the molecule is CC(C)Cn1c(SCC(=O)O)nc2ccc(F)cc21. The predicted molar refractivity (Wildman–Crippen MR) is 72.9 cm³/mol. The van der Waals surface area contributed by atoms with Gasteiger partial charge in [-0.15, -0.1) is 0 Å². The molecule has 0 aliphatic carbocycles. The Hall–Kier alpha value is -1.56. The van der Waals surface area contributed by atoms with E-state index in [4.69, 9.17) is 5.11 Å². The molecule has 0 unspecified atom stereocenters. The molecule has 0 amide bonds. The van der Waals surface area contributed by atoms with Gasteiger partial charge in [0.1, 0.15) is 5.82 Å². The Labute approximate surface area is 114 Å². The van der Waals surface area contributed by atoms with Crippen LogP contribution in [0.2, 0.25) is 0 Å². The van der Waals surface area contributed by atoms with Gasteiger partial charge in [-0.25, -0.2) is 9.37 Å². The molecule has 6 heteroatoms. The minimum Gasteiger partial charge on any atom is -0.481 e. The lowest BCUT2D eigenvalue weighted by Gasteiger charge is -2.10. The van der Waals surface area contributed by atoms with Crippen LogP contribution in [0.1, 0.15) is 13.8 Å². The maximum Gasteiger partial charge on any atom is 0.313 e. The predicted octanol–water partition coefficient (Wildman–Crippen LogP) is 3.01. The molecule has 1 aromatic carbocycles. The van der Waals surface area contributed by atoms with Crippen LogP contribution in [0.4, 0.5) is 4.39 Å². The van der Waals surface area contributed by atoms with E-state index < -0.39 is 5.97 Å². The number of imidazole rings is 1. The Bertz CT molecular complexity index is 610. The highest BCUT2D eigenvalue weighted by Gasteiger charge is 2.14. The second-order valence-electron chi connectivity index (χ2n) is 4.71. The number of carbonyl (C=O) groups is 1. The van der Waals surface area contributed by atoms with Crippen molar-refractivity contribution < 1.29 is 14.3 Å². The van der Waals surface area contributed by atoms with Crippen molar-refractivity contribution in [2.45, 2.75) is 25.5 Å². The van der Waals surface area contributed by atoms with Gasteiger partial charge in [0.05, 0.1) is 16.8 Å². The summed E-state index contributed by atoms with van der Waals surface area (Å²) in [5.41, 5.74) is 1.40. The summed E-state index contributed by atoms with van der Waals surface area (Å²) in [7, 11) is 0. The third kappa shape index (κ3) is 3.26. The lowest BCUT2D eigenvalue weighted by atomic mass is 10.2. The average Bonchev–Trinajstić information content (AvgIpc) is 2.64. The number of carboxylic acid groups (broad SMARTS) is 1. The standard InChI is InChI=1S/C13H15FN2O2S/c1-8(2)6-16-11-5-9(14)3-4-10(11)15-13(16)19-7-12(17)18/h3-5,8H,6-7H2,1-2H3,(H,17,18). The summed E-state index contributed by atoms with van der Waals surface area (Å²) in [6.07, 6.45) is 0. The quantitative estimate of drug-likeness (QED) is 0.856. The first-order chi connectivity index (χ1) is 8.97. The smallest absolute Gasteiger partial charge is 0.313 e. The van der Waals surface area contributed by atoms with Gasteiger partial charge in [0, 0.05) is 6.54 Å². The van der Waals surface area contributed by atoms with Gasteiger partial charge in [0.25, 0.3) is 0 Å². The lowest BCUT2D eigenvalue weighted by Crippen LogP contribution is -2.07. The van der Waals surface area contributed by atoms with Crippen LogP contribution in [0.5, 0.6) is 0 Å². The topological polar surface area (TPSA) is 55.1 Å². The molecule has 2 aromatic rings. The molecule has 1 N–H and O–H groups in total. The third-order valence-electron chi connectivity index (χ3n) is 2.55. The Morgan fingerprint density at radius 1 is 1.53 bits per heavy atom.